The summed E-state index contributed by atoms with van der Waals surface area (Å²) in [5.41, 5.74) is 1.99. The van der Waals surface area contributed by atoms with E-state index in [1.54, 1.807) is 35.6 Å². The second-order valence-electron chi connectivity index (χ2n) is 7.19. The van der Waals surface area contributed by atoms with Gasteiger partial charge in [-0.15, -0.1) is 11.3 Å². The Bertz CT molecular complexity index is 1010. The number of hydrogen-bond acceptors (Lipinski definition) is 4. The second kappa shape index (κ2) is 9.05. The SMILES string of the molecule is O=C(CCN1C(=O)c2ccccc2C1=O)N(CCc1ccccc1)Cc1cccs1. The molecule has 2 aromatic carbocycles. The maximum absolute atomic E-state index is 13.0. The van der Waals surface area contributed by atoms with Crippen LogP contribution in [0, 0.1) is 0 Å². The number of hydrogen-bond donors (Lipinski definition) is 0. The van der Waals surface area contributed by atoms with Crippen molar-refractivity contribution in [1.29, 1.82) is 0 Å². The van der Waals surface area contributed by atoms with Gasteiger partial charge in [-0.05, 0) is 35.6 Å². The van der Waals surface area contributed by atoms with E-state index < -0.39 is 0 Å². The summed E-state index contributed by atoms with van der Waals surface area (Å²) in [6.07, 6.45) is 0.872. The van der Waals surface area contributed by atoms with Gasteiger partial charge in [-0.3, -0.25) is 19.3 Å². The molecule has 0 spiro atoms. The third-order valence-electron chi connectivity index (χ3n) is 5.22. The minimum Gasteiger partial charge on any atom is -0.337 e. The normalized spacial score (nSPS) is 12.9. The largest absolute Gasteiger partial charge is 0.337 e. The molecule has 0 saturated heterocycles. The van der Waals surface area contributed by atoms with E-state index in [0.717, 1.165) is 11.3 Å². The lowest BCUT2D eigenvalue weighted by Crippen LogP contribution is -2.37. The van der Waals surface area contributed by atoms with Gasteiger partial charge in [0.25, 0.3) is 11.8 Å². The van der Waals surface area contributed by atoms with E-state index in [1.807, 2.05) is 52.7 Å². The molecule has 0 N–H and O–H groups in total. The fraction of sp³-hybridized carbons (Fsp3) is 0.208. The molecule has 0 bridgehead atoms. The first kappa shape index (κ1) is 20.0. The van der Waals surface area contributed by atoms with Crippen LogP contribution in [0.2, 0.25) is 0 Å². The zero-order chi connectivity index (χ0) is 20.9. The lowest BCUT2D eigenvalue weighted by molar-refractivity contribution is -0.131. The minimum absolute atomic E-state index is 0.0594. The molecule has 1 aliphatic rings. The molecule has 0 aliphatic carbocycles. The van der Waals surface area contributed by atoms with Gasteiger partial charge in [-0.25, -0.2) is 0 Å². The molecular formula is C24H22N2O3S. The molecule has 6 heteroatoms. The third-order valence-corrected chi connectivity index (χ3v) is 6.08. The maximum atomic E-state index is 13.0. The van der Waals surface area contributed by atoms with Crippen molar-refractivity contribution in [2.24, 2.45) is 0 Å². The van der Waals surface area contributed by atoms with Crippen LogP contribution in [-0.4, -0.2) is 40.6 Å². The number of carbonyl (C=O) groups is 3. The van der Waals surface area contributed by atoms with E-state index in [2.05, 4.69) is 0 Å². The van der Waals surface area contributed by atoms with Gasteiger partial charge < -0.3 is 4.90 Å². The van der Waals surface area contributed by atoms with Gasteiger partial charge in [-0.2, -0.15) is 0 Å². The highest BCUT2D eigenvalue weighted by Crippen LogP contribution is 2.23. The molecule has 0 radical (unpaired) electrons. The van der Waals surface area contributed by atoms with Crippen molar-refractivity contribution in [3.05, 3.63) is 93.7 Å². The molecule has 1 aromatic heterocycles. The second-order valence-corrected chi connectivity index (χ2v) is 8.22. The van der Waals surface area contributed by atoms with Gasteiger partial charge in [0, 0.05) is 24.4 Å². The number of rotatable bonds is 8. The van der Waals surface area contributed by atoms with Gasteiger partial charge in [0.15, 0.2) is 0 Å². The fourth-order valence-electron chi connectivity index (χ4n) is 3.60. The van der Waals surface area contributed by atoms with Crippen LogP contribution in [0.3, 0.4) is 0 Å². The van der Waals surface area contributed by atoms with Crippen molar-refractivity contribution in [2.45, 2.75) is 19.4 Å². The number of carbonyl (C=O) groups excluding carboxylic acids is 3. The highest BCUT2D eigenvalue weighted by Gasteiger charge is 2.35. The zero-order valence-corrected chi connectivity index (χ0v) is 17.3. The molecule has 0 unspecified atom stereocenters. The van der Waals surface area contributed by atoms with Gasteiger partial charge in [0.05, 0.1) is 17.7 Å². The molecule has 0 saturated carbocycles. The quantitative estimate of drug-likeness (QED) is 0.520. The van der Waals surface area contributed by atoms with Crippen LogP contribution in [0.25, 0.3) is 0 Å². The van der Waals surface area contributed by atoms with Gasteiger partial charge >= 0.3 is 0 Å². The molecule has 4 rings (SSSR count). The van der Waals surface area contributed by atoms with Crippen LogP contribution in [0.1, 0.15) is 37.6 Å². The fourth-order valence-corrected chi connectivity index (χ4v) is 4.32. The Kier molecular flexibility index (Phi) is 6.05. The Hall–Kier alpha value is -3.25. The molecule has 30 heavy (non-hydrogen) atoms. The Morgan fingerprint density at radius 1 is 0.867 bits per heavy atom. The summed E-state index contributed by atoms with van der Waals surface area (Å²) in [5.74, 6) is -0.703. The molecule has 152 valence electrons. The average molecular weight is 419 g/mol. The maximum Gasteiger partial charge on any atom is 0.261 e. The van der Waals surface area contributed by atoms with Crippen molar-refractivity contribution in [3.63, 3.8) is 0 Å². The lowest BCUT2D eigenvalue weighted by Gasteiger charge is -2.23. The summed E-state index contributed by atoms with van der Waals surface area (Å²) in [6, 6.07) is 20.8. The summed E-state index contributed by atoms with van der Waals surface area (Å²) in [5, 5.41) is 1.99. The van der Waals surface area contributed by atoms with Crippen LogP contribution < -0.4 is 0 Å². The summed E-state index contributed by atoms with van der Waals surface area (Å²) >= 11 is 1.61. The molecule has 5 nitrogen and oxygen atoms in total. The van der Waals surface area contributed by atoms with E-state index in [-0.39, 0.29) is 30.7 Å². The summed E-state index contributed by atoms with van der Waals surface area (Å²) in [6.45, 7) is 1.21. The number of thiophene rings is 1. The molecule has 0 fully saturated rings. The van der Waals surface area contributed by atoms with Crippen molar-refractivity contribution in [2.75, 3.05) is 13.1 Å². The molecule has 3 aromatic rings. The number of benzene rings is 2. The van der Waals surface area contributed by atoms with Gasteiger partial charge in [0.1, 0.15) is 0 Å². The van der Waals surface area contributed by atoms with Gasteiger partial charge in [0.2, 0.25) is 5.91 Å². The van der Waals surface area contributed by atoms with E-state index in [4.69, 9.17) is 0 Å². The first-order chi connectivity index (χ1) is 14.6. The highest BCUT2D eigenvalue weighted by atomic mass is 32.1. The first-order valence-electron chi connectivity index (χ1n) is 9.93. The van der Waals surface area contributed by atoms with Crippen LogP contribution in [0.5, 0.6) is 0 Å². The number of amides is 3. The number of nitrogens with zero attached hydrogens (tertiary/aromatic N) is 2. The monoisotopic (exact) mass is 418 g/mol. The van der Waals surface area contributed by atoms with Gasteiger partial charge in [-0.1, -0.05) is 48.5 Å². The van der Waals surface area contributed by atoms with Crippen LogP contribution >= 0.6 is 11.3 Å². The third kappa shape index (κ3) is 4.33. The molecule has 2 heterocycles. The van der Waals surface area contributed by atoms with E-state index in [1.165, 1.54) is 10.5 Å². The Balaban J connectivity index is 1.41. The number of imide groups is 1. The van der Waals surface area contributed by atoms with Crippen LogP contribution in [0.15, 0.2) is 72.1 Å². The Labute approximate surface area is 179 Å². The lowest BCUT2D eigenvalue weighted by atomic mass is 10.1. The van der Waals surface area contributed by atoms with E-state index >= 15 is 0 Å². The van der Waals surface area contributed by atoms with Crippen molar-refractivity contribution in [1.82, 2.24) is 9.80 Å². The molecular weight excluding hydrogens is 396 g/mol. The smallest absolute Gasteiger partial charge is 0.261 e. The highest BCUT2D eigenvalue weighted by molar-refractivity contribution is 7.09. The summed E-state index contributed by atoms with van der Waals surface area (Å²) in [7, 11) is 0. The van der Waals surface area contributed by atoms with Crippen molar-refractivity contribution >= 4 is 29.1 Å². The molecule has 1 aliphatic heterocycles. The van der Waals surface area contributed by atoms with Crippen LogP contribution in [0.4, 0.5) is 0 Å². The topological polar surface area (TPSA) is 57.7 Å². The standard InChI is InChI=1S/C24H22N2O3S/c27-22(13-15-26-23(28)20-10-4-5-11-21(20)24(26)29)25(17-19-9-6-16-30-19)14-12-18-7-2-1-3-8-18/h1-11,16H,12-15,17H2. The zero-order valence-electron chi connectivity index (χ0n) is 16.5. The predicted octanol–water partition coefficient (Wildman–Crippen LogP) is 4.01. The van der Waals surface area contributed by atoms with Crippen LogP contribution in [-0.2, 0) is 17.8 Å². The molecule has 3 amide bonds. The minimum atomic E-state index is -0.322. The summed E-state index contributed by atoms with van der Waals surface area (Å²) in [4.78, 5) is 42.2. The van der Waals surface area contributed by atoms with E-state index in [9.17, 15) is 14.4 Å². The summed E-state index contributed by atoms with van der Waals surface area (Å²) < 4.78 is 0. The van der Waals surface area contributed by atoms with Crippen molar-refractivity contribution in [3.8, 4) is 0 Å². The molecule has 0 atom stereocenters. The predicted molar refractivity (Wildman–Crippen MR) is 116 cm³/mol. The number of fused-ring (bicyclic) bond motifs is 1. The van der Waals surface area contributed by atoms with E-state index in [0.29, 0.717) is 24.2 Å². The average Bonchev–Trinajstić information content (AvgIpc) is 3.37. The Morgan fingerprint density at radius 3 is 2.17 bits per heavy atom. The first-order valence-corrected chi connectivity index (χ1v) is 10.8. The Morgan fingerprint density at radius 2 is 1.53 bits per heavy atom. The van der Waals surface area contributed by atoms with Crippen molar-refractivity contribution < 1.29 is 14.4 Å².